The van der Waals surface area contributed by atoms with E-state index in [4.69, 9.17) is 0 Å². The van der Waals surface area contributed by atoms with Crippen LogP contribution in [0.3, 0.4) is 0 Å². The van der Waals surface area contributed by atoms with E-state index in [0.717, 1.165) is 35.8 Å². The van der Waals surface area contributed by atoms with Gasteiger partial charge in [0.2, 0.25) is 0 Å². The highest BCUT2D eigenvalue weighted by atomic mass is 16.1. The highest BCUT2D eigenvalue weighted by molar-refractivity contribution is 5.97. The van der Waals surface area contributed by atoms with E-state index in [-0.39, 0.29) is 5.78 Å². The SMILES string of the molecule is CC1CCC(c2ncc3c(n2)CCCC3=O)C1. The number of carbonyl (C=O) groups is 1. The van der Waals surface area contributed by atoms with E-state index in [1.165, 1.54) is 19.3 Å². The Hall–Kier alpha value is -1.25. The van der Waals surface area contributed by atoms with E-state index in [1.54, 1.807) is 6.20 Å². The molecule has 0 spiro atoms. The van der Waals surface area contributed by atoms with Crippen LogP contribution in [-0.2, 0) is 6.42 Å². The van der Waals surface area contributed by atoms with E-state index < -0.39 is 0 Å². The van der Waals surface area contributed by atoms with Gasteiger partial charge in [0.1, 0.15) is 5.82 Å². The van der Waals surface area contributed by atoms with Crippen molar-refractivity contribution in [1.29, 1.82) is 0 Å². The molecule has 1 fully saturated rings. The molecular formula is C14H18N2O. The van der Waals surface area contributed by atoms with Crippen LogP contribution in [0.15, 0.2) is 6.20 Å². The zero-order valence-corrected chi connectivity index (χ0v) is 10.3. The summed E-state index contributed by atoms with van der Waals surface area (Å²) in [4.78, 5) is 20.8. The minimum atomic E-state index is 0.220. The van der Waals surface area contributed by atoms with E-state index in [0.29, 0.717) is 12.3 Å². The first-order valence-electron chi connectivity index (χ1n) is 6.63. The van der Waals surface area contributed by atoms with Crippen LogP contribution in [-0.4, -0.2) is 15.8 Å². The molecule has 17 heavy (non-hydrogen) atoms. The lowest BCUT2D eigenvalue weighted by atomic mass is 9.95. The molecule has 0 bridgehead atoms. The molecule has 3 heteroatoms. The van der Waals surface area contributed by atoms with Gasteiger partial charge in [-0.3, -0.25) is 4.79 Å². The van der Waals surface area contributed by atoms with Crippen molar-refractivity contribution in [2.75, 3.05) is 0 Å². The largest absolute Gasteiger partial charge is 0.294 e. The Morgan fingerprint density at radius 2 is 2.18 bits per heavy atom. The summed E-state index contributed by atoms with van der Waals surface area (Å²) in [6.45, 7) is 2.29. The lowest BCUT2D eigenvalue weighted by Gasteiger charge is -2.16. The number of rotatable bonds is 1. The summed E-state index contributed by atoms with van der Waals surface area (Å²) in [5, 5.41) is 0. The zero-order valence-electron chi connectivity index (χ0n) is 10.3. The van der Waals surface area contributed by atoms with Gasteiger partial charge >= 0.3 is 0 Å². The first-order chi connectivity index (χ1) is 8.24. The zero-order chi connectivity index (χ0) is 11.8. The Bertz CT molecular complexity index is 456. The predicted octanol–water partition coefficient (Wildman–Crippen LogP) is 2.90. The molecule has 0 aromatic carbocycles. The van der Waals surface area contributed by atoms with Gasteiger partial charge in [0, 0.05) is 18.5 Å². The number of nitrogens with zero attached hydrogens (tertiary/aromatic N) is 2. The van der Waals surface area contributed by atoms with Gasteiger partial charge in [0.05, 0.1) is 11.3 Å². The summed E-state index contributed by atoms with van der Waals surface area (Å²) < 4.78 is 0. The maximum atomic E-state index is 11.7. The van der Waals surface area contributed by atoms with Crippen LogP contribution in [0.5, 0.6) is 0 Å². The third-order valence-corrected chi connectivity index (χ3v) is 4.06. The van der Waals surface area contributed by atoms with E-state index in [1.807, 2.05) is 0 Å². The molecule has 2 atom stereocenters. The standard InChI is InChI=1S/C14H18N2O/c1-9-5-6-10(7-9)14-15-8-11-12(16-14)3-2-4-13(11)17/h8-10H,2-7H2,1H3. The second-order valence-corrected chi connectivity index (χ2v) is 5.48. The molecule has 2 aliphatic rings. The Morgan fingerprint density at radius 3 is 2.94 bits per heavy atom. The van der Waals surface area contributed by atoms with Gasteiger partial charge in [-0.25, -0.2) is 9.97 Å². The van der Waals surface area contributed by atoms with Gasteiger partial charge in [0.25, 0.3) is 0 Å². The van der Waals surface area contributed by atoms with Crippen LogP contribution in [0, 0.1) is 5.92 Å². The van der Waals surface area contributed by atoms with Gasteiger partial charge in [-0.05, 0) is 38.0 Å². The first-order valence-corrected chi connectivity index (χ1v) is 6.63. The second-order valence-electron chi connectivity index (χ2n) is 5.48. The number of aromatic nitrogens is 2. The average molecular weight is 230 g/mol. The number of Topliss-reactive ketones (excluding diaryl/α,β-unsaturated/α-hetero) is 1. The Balaban J connectivity index is 1.90. The maximum absolute atomic E-state index is 11.7. The molecule has 3 rings (SSSR count). The molecule has 1 heterocycles. The van der Waals surface area contributed by atoms with Crippen molar-refractivity contribution in [2.45, 2.75) is 51.4 Å². The summed E-state index contributed by atoms with van der Waals surface area (Å²) in [6, 6.07) is 0. The van der Waals surface area contributed by atoms with Crippen LogP contribution in [0.25, 0.3) is 0 Å². The van der Waals surface area contributed by atoms with Crippen LogP contribution in [0.1, 0.15) is 66.8 Å². The van der Waals surface area contributed by atoms with E-state index in [9.17, 15) is 4.79 Å². The number of ketones is 1. The van der Waals surface area contributed by atoms with Crippen molar-refractivity contribution in [3.05, 3.63) is 23.3 Å². The highest BCUT2D eigenvalue weighted by Gasteiger charge is 2.27. The Labute approximate surface area is 102 Å². The smallest absolute Gasteiger partial charge is 0.166 e. The second kappa shape index (κ2) is 4.21. The van der Waals surface area contributed by atoms with Crippen LogP contribution < -0.4 is 0 Å². The molecule has 0 radical (unpaired) electrons. The third-order valence-electron chi connectivity index (χ3n) is 4.06. The lowest BCUT2D eigenvalue weighted by Crippen LogP contribution is -2.15. The van der Waals surface area contributed by atoms with Crippen LogP contribution >= 0.6 is 0 Å². The van der Waals surface area contributed by atoms with Gasteiger partial charge < -0.3 is 0 Å². The van der Waals surface area contributed by atoms with Crippen molar-refractivity contribution in [1.82, 2.24) is 9.97 Å². The first kappa shape index (κ1) is 10.9. The minimum Gasteiger partial charge on any atom is -0.294 e. The van der Waals surface area contributed by atoms with Crippen LogP contribution in [0.2, 0.25) is 0 Å². The van der Waals surface area contributed by atoms with E-state index in [2.05, 4.69) is 16.9 Å². The molecule has 2 unspecified atom stereocenters. The molecule has 1 aromatic heterocycles. The predicted molar refractivity (Wildman–Crippen MR) is 65.1 cm³/mol. The van der Waals surface area contributed by atoms with Gasteiger partial charge in [-0.1, -0.05) is 6.92 Å². The number of aryl methyl sites for hydroxylation is 1. The van der Waals surface area contributed by atoms with Crippen molar-refractivity contribution in [3.8, 4) is 0 Å². The molecule has 0 saturated heterocycles. The molecule has 1 saturated carbocycles. The molecule has 0 amide bonds. The topological polar surface area (TPSA) is 42.9 Å². The quantitative estimate of drug-likeness (QED) is 0.745. The third kappa shape index (κ3) is 1.99. The van der Waals surface area contributed by atoms with Crippen LogP contribution in [0.4, 0.5) is 0 Å². The maximum Gasteiger partial charge on any atom is 0.166 e. The van der Waals surface area contributed by atoms with Gasteiger partial charge in [0.15, 0.2) is 5.78 Å². The fraction of sp³-hybridized carbons (Fsp3) is 0.643. The summed E-state index contributed by atoms with van der Waals surface area (Å²) in [6.07, 6.45) is 8.01. The summed E-state index contributed by atoms with van der Waals surface area (Å²) in [5.41, 5.74) is 1.76. The van der Waals surface area contributed by atoms with E-state index >= 15 is 0 Å². The number of carbonyl (C=O) groups excluding carboxylic acids is 1. The summed E-state index contributed by atoms with van der Waals surface area (Å²) >= 11 is 0. The Kier molecular flexibility index (Phi) is 2.69. The minimum absolute atomic E-state index is 0.220. The molecule has 90 valence electrons. The fourth-order valence-corrected chi connectivity index (χ4v) is 3.05. The van der Waals surface area contributed by atoms with Gasteiger partial charge in [-0.2, -0.15) is 0 Å². The normalized spacial score (nSPS) is 28.2. The van der Waals surface area contributed by atoms with Crippen molar-refractivity contribution in [3.63, 3.8) is 0 Å². The molecule has 3 nitrogen and oxygen atoms in total. The molecule has 0 aliphatic heterocycles. The molecular weight excluding hydrogens is 212 g/mol. The number of fused-ring (bicyclic) bond motifs is 1. The van der Waals surface area contributed by atoms with Crippen molar-refractivity contribution < 1.29 is 4.79 Å². The monoisotopic (exact) mass is 230 g/mol. The molecule has 0 N–H and O–H groups in total. The Morgan fingerprint density at radius 1 is 1.29 bits per heavy atom. The van der Waals surface area contributed by atoms with Gasteiger partial charge in [-0.15, -0.1) is 0 Å². The molecule has 1 aromatic rings. The summed E-state index contributed by atoms with van der Waals surface area (Å²) in [5.74, 6) is 2.51. The number of hydrogen-bond acceptors (Lipinski definition) is 3. The lowest BCUT2D eigenvalue weighted by molar-refractivity contribution is 0.0971. The highest BCUT2D eigenvalue weighted by Crippen LogP contribution is 2.36. The summed E-state index contributed by atoms with van der Waals surface area (Å²) in [7, 11) is 0. The van der Waals surface area contributed by atoms with Crippen molar-refractivity contribution >= 4 is 5.78 Å². The fourth-order valence-electron chi connectivity index (χ4n) is 3.05. The average Bonchev–Trinajstić information content (AvgIpc) is 2.76. The van der Waals surface area contributed by atoms with Crippen molar-refractivity contribution in [2.24, 2.45) is 5.92 Å². The number of hydrogen-bond donors (Lipinski definition) is 0. The molecule has 2 aliphatic carbocycles.